The minimum Gasteiger partial charge on any atom is -0.497 e. The molecule has 4 aliphatic rings. The lowest BCUT2D eigenvalue weighted by Crippen LogP contribution is -2.30. The van der Waals surface area contributed by atoms with Crippen LogP contribution in [0.1, 0.15) is 149 Å². The molecule has 118 heavy (non-hydrogen) atoms. The fourth-order valence-electron chi connectivity index (χ4n) is 16.7. The summed E-state index contributed by atoms with van der Waals surface area (Å²) >= 11 is 12.9. The largest absolute Gasteiger partial charge is 0.497 e. The van der Waals surface area contributed by atoms with E-state index in [1.807, 2.05) is 187 Å². The Morgan fingerprint density at radius 1 is 0.347 bits per heavy atom. The summed E-state index contributed by atoms with van der Waals surface area (Å²) in [7, 11) is 3.31. The first-order valence-electron chi connectivity index (χ1n) is 39.3. The van der Waals surface area contributed by atoms with Crippen LogP contribution >= 0.6 is 23.2 Å². The molecule has 15 aromatic rings. The predicted molar refractivity (Wildman–Crippen MR) is 474 cm³/mol. The van der Waals surface area contributed by atoms with Gasteiger partial charge in [-0.1, -0.05) is 284 Å². The number of halogens is 2. The molecule has 4 heterocycles. The number of ether oxygens (including phenoxy) is 2. The van der Waals surface area contributed by atoms with Crippen molar-refractivity contribution >= 4 is 69.4 Å². The summed E-state index contributed by atoms with van der Waals surface area (Å²) in [6.07, 6.45) is 0. The van der Waals surface area contributed by atoms with Crippen LogP contribution < -0.4 is 29.5 Å². The highest BCUT2D eigenvalue weighted by atomic mass is 35.5. The van der Waals surface area contributed by atoms with E-state index >= 15 is 0 Å². The van der Waals surface area contributed by atoms with Crippen molar-refractivity contribution in [1.82, 2.24) is 0 Å². The molecule has 1 N–H and O–H groups in total. The zero-order chi connectivity index (χ0) is 81.2. The average Bonchev–Trinajstić information content (AvgIpc) is 1.62. The van der Waals surface area contributed by atoms with Gasteiger partial charge in [-0.25, -0.2) is 0 Å². The lowest BCUT2D eigenvalue weighted by Gasteiger charge is -2.24. The van der Waals surface area contributed by atoms with E-state index in [0.29, 0.717) is 36.3 Å². The van der Waals surface area contributed by atoms with Gasteiger partial charge in [0.05, 0.1) is 38.8 Å². The van der Waals surface area contributed by atoms with Gasteiger partial charge in [0.25, 0.3) is 23.4 Å². The highest BCUT2D eigenvalue weighted by Crippen LogP contribution is 2.49. The number of carbonyl (C=O) groups is 3. The normalized spacial score (nSPS) is 15.0. The van der Waals surface area contributed by atoms with Crippen molar-refractivity contribution in [3.63, 3.8) is 0 Å². The quantitative estimate of drug-likeness (QED) is 0.106. The van der Waals surface area contributed by atoms with E-state index in [1.165, 1.54) is 68.8 Å². The molecule has 0 aromatic heterocycles. The molecule has 0 saturated carbocycles. The number of anilines is 4. The number of nitrogens with zero attached hydrogens (tertiary/aromatic N) is 4. The molecule has 15 aromatic carbocycles. The number of para-hydroxylation sites is 3. The average molecular weight is 1590 g/mol. The molecule has 4 aliphatic heterocycles. The minimum atomic E-state index is -0.462. The molecular weight excluding hydrogens is 1500 g/mol. The monoisotopic (exact) mass is 1580 g/mol. The van der Waals surface area contributed by atoms with Crippen molar-refractivity contribution in [3.05, 3.63) is 501 Å². The van der Waals surface area contributed by atoms with Crippen LogP contribution in [0.3, 0.4) is 0 Å². The molecule has 0 saturated heterocycles. The van der Waals surface area contributed by atoms with Gasteiger partial charge in [0.1, 0.15) is 11.5 Å². The zero-order valence-corrected chi connectivity index (χ0v) is 66.8. The van der Waals surface area contributed by atoms with Gasteiger partial charge < -0.3 is 29.5 Å². The van der Waals surface area contributed by atoms with Gasteiger partial charge in [0.15, 0.2) is 0 Å². The lowest BCUT2D eigenvalue weighted by molar-refractivity contribution is -0.384. The Labute approximate surface area is 697 Å². The molecule has 0 bridgehead atoms. The number of nitro benzene ring substituents is 1. The van der Waals surface area contributed by atoms with Crippen molar-refractivity contribution in [2.75, 3.05) is 34.2 Å². The smallest absolute Gasteiger partial charge is 0.269 e. The second-order valence-electron chi connectivity index (χ2n) is 29.5. The fraction of sp³-hybridized carbons (Fsp3) is 0.106. The SMILES string of the molecule is COc1ccc(C(=O)N2Cc3ccccc3C(c3ccccc3)c3ccccc32)cc1.COc1ccc2c(c1)CNc1ccc(Cl)cc1C2c1ccccc1Cl.Cc1ccc(C(=O)N2Cc3ccccc3C(c3ccccc3)c3ccccc32)cc1.O=C(c1ccc([N+](=O)[O-])cc1)N1Cc2ccccc2C(c2ccccc2)c2ccccc21. The number of aryl methyl sites for hydroxylation is 1. The van der Waals surface area contributed by atoms with Gasteiger partial charge in [-0.3, -0.25) is 24.5 Å². The fourth-order valence-corrected chi connectivity index (χ4v) is 17.2. The van der Waals surface area contributed by atoms with Gasteiger partial charge in [0.2, 0.25) is 0 Å². The third kappa shape index (κ3) is 16.4. The Balaban J connectivity index is 0.000000118. The van der Waals surface area contributed by atoms with Gasteiger partial charge >= 0.3 is 0 Å². The maximum absolute atomic E-state index is 13.7. The maximum atomic E-state index is 13.7. The van der Waals surface area contributed by atoms with E-state index in [2.05, 4.69) is 181 Å². The molecule has 19 rings (SSSR count). The first-order chi connectivity index (χ1) is 57.8. The van der Waals surface area contributed by atoms with Crippen LogP contribution in [0.5, 0.6) is 11.5 Å². The Hall–Kier alpha value is -13.9. The summed E-state index contributed by atoms with van der Waals surface area (Å²) in [4.78, 5) is 57.0. The van der Waals surface area contributed by atoms with Crippen LogP contribution in [0.2, 0.25) is 10.0 Å². The molecule has 0 spiro atoms. The van der Waals surface area contributed by atoms with Crippen LogP contribution in [-0.4, -0.2) is 36.9 Å². The standard InChI is InChI=1S/C28H23NO2.C28H23NO.C27H20N2O3.C21H17Cl2NO/c1-31-23-17-15-21(16-18-23)28(30)29-19-22-11-5-6-12-24(22)27(20-9-3-2-4-10-20)25-13-7-8-14-26(25)29;1-20-15-17-22(18-16-20)28(30)29-19-23-11-5-6-12-24(23)27(21-9-3-2-4-10-21)25-13-7-8-14-26(25)29;30-27(20-14-16-22(17-15-20)29(31)32)28-18-21-10-4-5-11-23(21)26(19-8-2-1-3-9-19)24-12-6-7-13-25(24)28;1-25-15-7-8-16-13(10-15)12-24-20-9-6-14(22)11-18(20)21(16)17-4-2-3-5-19(17)23/h2-18,27H,19H2,1H3;2-18,27H,19H2,1H3;1-17,26H,18H2;2-11,21,24H,12H2,1H3. The molecule has 0 fully saturated rings. The summed E-state index contributed by atoms with van der Waals surface area (Å²) in [5.74, 6) is 1.60. The number of methoxy groups -OCH3 is 2. The molecule has 4 atom stereocenters. The van der Waals surface area contributed by atoms with Crippen LogP contribution in [0.15, 0.2) is 370 Å². The lowest BCUT2D eigenvalue weighted by atomic mass is 9.83. The molecule has 580 valence electrons. The van der Waals surface area contributed by atoms with Crippen LogP contribution in [0.4, 0.5) is 28.4 Å². The van der Waals surface area contributed by atoms with E-state index in [0.717, 1.165) is 101 Å². The van der Waals surface area contributed by atoms with Gasteiger partial charge in [-0.05, 0) is 199 Å². The van der Waals surface area contributed by atoms with E-state index in [4.69, 9.17) is 32.7 Å². The van der Waals surface area contributed by atoms with Crippen molar-refractivity contribution < 1.29 is 28.8 Å². The summed E-state index contributed by atoms with van der Waals surface area (Å²) < 4.78 is 10.7. The van der Waals surface area contributed by atoms with Crippen LogP contribution in [0, 0.1) is 17.0 Å². The van der Waals surface area contributed by atoms with E-state index < -0.39 is 4.92 Å². The van der Waals surface area contributed by atoms with Crippen molar-refractivity contribution in [2.45, 2.75) is 56.8 Å². The number of non-ortho nitro benzene ring substituents is 1. The number of nitrogens with one attached hydrogen (secondary N) is 1. The Morgan fingerprint density at radius 3 is 1.10 bits per heavy atom. The van der Waals surface area contributed by atoms with Gasteiger partial charge in [0, 0.05) is 91.8 Å². The summed E-state index contributed by atoms with van der Waals surface area (Å²) in [6, 6.07) is 122. The number of carbonyl (C=O) groups excluding carboxylic acids is 3. The first-order valence-corrected chi connectivity index (χ1v) is 40.0. The summed E-state index contributed by atoms with van der Waals surface area (Å²) in [5, 5.41) is 16.0. The first kappa shape index (κ1) is 78.0. The van der Waals surface area contributed by atoms with E-state index in [-0.39, 0.29) is 47.1 Å². The topological polar surface area (TPSA) is 135 Å². The number of benzene rings is 15. The predicted octanol–water partition coefficient (Wildman–Crippen LogP) is 24.4. The van der Waals surface area contributed by atoms with E-state index in [9.17, 15) is 24.5 Å². The molecule has 4 unspecified atom stereocenters. The maximum Gasteiger partial charge on any atom is 0.269 e. The van der Waals surface area contributed by atoms with Crippen molar-refractivity contribution in [1.29, 1.82) is 0 Å². The molecule has 14 heteroatoms. The minimum absolute atomic E-state index is 0.00161. The number of rotatable bonds is 10. The number of fused-ring (bicyclic) bond motifs is 8. The Bertz CT molecular complexity index is 6150. The van der Waals surface area contributed by atoms with E-state index in [1.54, 1.807) is 19.1 Å². The third-order valence-electron chi connectivity index (χ3n) is 22.5. The molecular formula is C104H83Cl2N5O7. The van der Waals surface area contributed by atoms with Crippen molar-refractivity contribution in [2.24, 2.45) is 0 Å². The Morgan fingerprint density at radius 2 is 0.695 bits per heavy atom. The summed E-state index contributed by atoms with van der Waals surface area (Å²) in [6.45, 7) is 4.27. The van der Waals surface area contributed by atoms with Crippen molar-refractivity contribution in [3.8, 4) is 11.5 Å². The van der Waals surface area contributed by atoms with Gasteiger partial charge in [-0.15, -0.1) is 0 Å². The second-order valence-corrected chi connectivity index (χ2v) is 30.3. The molecule has 12 nitrogen and oxygen atoms in total. The highest BCUT2D eigenvalue weighted by molar-refractivity contribution is 6.32. The Kier molecular flexibility index (Phi) is 23.4. The molecule has 0 radical (unpaired) electrons. The van der Waals surface area contributed by atoms with Crippen LogP contribution in [-0.2, 0) is 26.2 Å². The number of amides is 3. The van der Waals surface area contributed by atoms with Gasteiger partial charge in [-0.2, -0.15) is 0 Å². The number of nitro groups is 1. The number of hydrogen-bond acceptors (Lipinski definition) is 8. The zero-order valence-electron chi connectivity index (χ0n) is 65.3. The molecule has 0 aliphatic carbocycles. The number of hydrogen-bond donors (Lipinski definition) is 1. The molecule has 3 amide bonds. The van der Waals surface area contributed by atoms with Crippen LogP contribution in [0.25, 0.3) is 0 Å². The highest BCUT2D eigenvalue weighted by Gasteiger charge is 2.36. The second kappa shape index (κ2) is 35.5. The third-order valence-corrected chi connectivity index (χ3v) is 23.0. The summed E-state index contributed by atoms with van der Waals surface area (Å²) in [5.41, 5.74) is 25.4.